The molecule has 0 spiro atoms. The third-order valence-electron chi connectivity index (χ3n) is 5.49. The Morgan fingerprint density at radius 3 is 2.57 bits per heavy atom. The van der Waals surface area contributed by atoms with Gasteiger partial charge in [-0.1, -0.05) is 24.9 Å². The standard InChI is InChI=1S/C25H26BrClN2O6/c1-3-4-9-34-24(32)16-5-7-18(8-6-16)29-13-17(11-23(29)31)25(33)35-14-22(30)28-21-12-20(27)19(26)10-15(21)2/h5-8,10,12,17H,3-4,9,11,13-14H2,1-2H3,(H,28,30)/t17-/m1/s1. The molecule has 2 aromatic carbocycles. The number of amides is 2. The van der Waals surface area contributed by atoms with Crippen LogP contribution in [-0.4, -0.2) is 43.5 Å². The lowest BCUT2D eigenvalue weighted by Crippen LogP contribution is -2.28. The van der Waals surface area contributed by atoms with Crippen LogP contribution >= 0.6 is 27.5 Å². The minimum absolute atomic E-state index is 0.0251. The number of unbranched alkanes of at least 4 members (excludes halogenated alkanes) is 1. The zero-order chi connectivity index (χ0) is 25.5. The second kappa shape index (κ2) is 12.2. The lowest BCUT2D eigenvalue weighted by Gasteiger charge is -2.17. The zero-order valence-electron chi connectivity index (χ0n) is 19.4. The molecule has 3 rings (SSSR count). The van der Waals surface area contributed by atoms with Crippen LogP contribution in [0.2, 0.25) is 5.02 Å². The Bertz CT molecular complexity index is 1120. The Labute approximate surface area is 217 Å². The summed E-state index contributed by atoms with van der Waals surface area (Å²) >= 11 is 9.38. The van der Waals surface area contributed by atoms with E-state index < -0.39 is 30.4 Å². The molecule has 35 heavy (non-hydrogen) atoms. The molecule has 0 aromatic heterocycles. The number of carbonyl (C=O) groups is 4. The van der Waals surface area contributed by atoms with E-state index >= 15 is 0 Å². The molecule has 1 atom stereocenters. The number of anilines is 2. The number of hydrogen-bond donors (Lipinski definition) is 1. The Morgan fingerprint density at radius 2 is 1.89 bits per heavy atom. The highest BCUT2D eigenvalue weighted by molar-refractivity contribution is 9.10. The fourth-order valence-corrected chi connectivity index (χ4v) is 4.13. The van der Waals surface area contributed by atoms with Gasteiger partial charge in [0.1, 0.15) is 0 Å². The minimum atomic E-state index is -0.696. The van der Waals surface area contributed by atoms with Crippen LogP contribution in [0.5, 0.6) is 0 Å². The van der Waals surface area contributed by atoms with Crippen LogP contribution in [0.3, 0.4) is 0 Å². The number of esters is 2. The summed E-state index contributed by atoms with van der Waals surface area (Å²) in [6, 6.07) is 9.82. The molecule has 1 saturated heterocycles. The molecule has 0 radical (unpaired) electrons. The molecule has 1 fully saturated rings. The molecule has 1 N–H and O–H groups in total. The van der Waals surface area contributed by atoms with Crippen LogP contribution in [0.15, 0.2) is 40.9 Å². The molecule has 1 aliphatic rings. The average Bonchev–Trinajstić information content (AvgIpc) is 3.23. The summed E-state index contributed by atoms with van der Waals surface area (Å²) in [5.41, 5.74) is 2.26. The van der Waals surface area contributed by atoms with E-state index in [0.29, 0.717) is 33.0 Å². The summed E-state index contributed by atoms with van der Waals surface area (Å²) in [5, 5.41) is 3.10. The van der Waals surface area contributed by atoms with E-state index in [2.05, 4.69) is 21.2 Å². The third kappa shape index (κ3) is 7.05. The lowest BCUT2D eigenvalue weighted by atomic mass is 10.1. The molecule has 1 aliphatic heterocycles. The first-order valence-corrected chi connectivity index (χ1v) is 12.4. The van der Waals surface area contributed by atoms with Gasteiger partial charge in [0.2, 0.25) is 5.91 Å². The van der Waals surface area contributed by atoms with Gasteiger partial charge in [-0.2, -0.15) is 0 Å². The number of nitrogens with one attached hydrogen (secondary N) is 1. The second-order valence-corrected chi connectivity index (χ2v) is 9.44. The number of rotatable bonds is 9. The molecule has 0 bridgehead atoms. The first kappa shape index (κ1) is 26.7. The van der Waals surface area contributed by atoms with E-state index in [1.165, 1.54) is 4.90 Å². The van der Waals surface area contributed by atoms with Crippen LogP contribution < -0.4 is 10.2 Å². The van der Waals surface area contributed by atoms with Crippen molar-refractivity contribution in [1.29, 1.82) is 0 Å². The first-order chi connectivity index (χ1) is 16.7. The maximum atomic E-state index is 12.5. The highest BCUT2D eigenvalue weighted by atomic mass is 79.9. The van der Waals surface area contributed by atoms with Crippen molar-refractivity contribution in [3.8, 4) is 0 Å². The van der Waals surface area contributed by atoms with Crippen LogP contribution in [0.4, 0.5) is 11.4 Å². The van der Waals surface area contributed by atoms with Gasteiger partial charge in [-0.15, -0.1) is 0 Å². The van der Waals surface area contributed by atoms with E-state index in [0.717, 1.165) is 18.4 Å². The fourth-order valence-electron chi connectivity index (χ4n) is 3.51. The van der Waals surface area contributed by atoms with E-state index in [1.807, 2.05) is 13.8 Å². The molecule has 186 valence electrons. The number of hydrogen-bond acceptors (Lipinski definition) is 6. The summed E-state index contributed by atoms with van der Waals surface area (Å²) in [7, 11) is 0. The van der Waals surface area contributed by atoms with Crippen LogP contribution in [0.1, 0.15) is 42.1 Å². The second-order valence-electron chi connectivity index (χ2n) is 8.18. The molecule has 0 saturated carbocycles. The van der Waals surface area contributed by atoms with Gasteiger partial charge < -0.3 is 19.7 Å². The van der Waals surface area contributed by atoms with E-state index in [9.17, 15) is 19.2 Å². The van der Waals surface area contributed by atoms with Crippen molar-refractivity contribution in [1.82, 2.24) is 0 Å². The van der Waals surface area contributed by atoms with Gasteiger partial charge in [-0.3, -0.25) is 14.4 Å². The number of nitrogens with zero attached hydrogens (tertiary/aromatic N) is 1. The normalized spacial score (nSPS) is 15.1. The van der Waals surface area contributed by atoms with E-state index in [-0.39, 0.29) is 18.9 Å². The molecular formula is C25H26BrClN2O6. The molecule has 0 aliphatic carbocycles. The monoisotopic (exact) mass is 564 g/mol. The number of halogens is 2. The van der Waals surface area contributed by atoms with Gasteiger partial charge in [0.05, 0.1) is 23.1 Å². The summed E-state index contributed by atoms with van der Waals surface area (Å²) in [6.07, 6.45) is 1.70. The first-order valence-electron chi connectivity index (χ1n) is 11.2. The van der Waals surface area contributed by atoms with Crippen LogP contribution in [0, 0.1) is 12.8 Å². The maximum Gasteiger partial charge on any atom is 0.338 e. The smallest absolute Gasteiger partial charge is 0.338 e. The molecule has 2 amide bonds. The van der Waals surface area contributed by atoms with Gasteiger partial charge in [0.15, 0.2) is 6.61 Å². The predicted molar refractivity (Wildman–Crippen MR) is 136 cm³/mol. The van der Waals surface area contributed by atoms with Crippen molar-refractivity contribution in [2.75, 3.05) is 30.0 Å². The summed E-state index contributed by atoms with van der Waals surface area (Å²) < 4.78 is 11.0. The van der Waals surface area contributed by atoms with Gasteiger partial charge in [0, 0.05) is 28.8 Å². The Balaban J connectivity index is 1.52. The average molecular weight is 566 g/mol. The van der Waals surface area contributed by atoms with E-state index in [1.54, 1.807) is 36.4 Å². The van der Waals surface area contributed by atoms with Gasteiger partial charge in [-0.25, -0.2) is 4.79 Å². The predicted octanol–water partition coefficient (Wildman–Crippen LogP) is 4.90. The topological polar surface area (TPSA) is 102 Å². The van der Waals surface area contributed by atoms with Crippen LogP contribution in [-0.2, 0) is 23.9 Å². The maximum absolute atomic E-state index is 12.5. The van der Waals surface area contributed by atoms with Crippen molar-refractivity contribution >= 4 is 62.7 Å². The molecule has 2 aromatic rings. The molecular weight excluding hydrogens is 540 g/mol. The van der Waals surface area contributed by atoms with Crippen molar-refractivity contribution in [2.45, 2.75) is 33.1 Å². The largest absolute Gasteiger partial charge is 0.462 e. The Hall–Kier alpha value is -2.91. The number of benzene rings is 2. The SMILES string of the molecule is CCCCOC(=O)c1ccc(N2C[C@H](C(=O)OCC(=O)Nc3cc(Cl)c(Br)cc3C)CC2=O)cc1. The third-order valence-corrected chi connectivity index (χ3v) is 6.69. The van der Waals surface area contributed by atoms with Gasteiger partial charge >= 0.3 is 11.9 Å². The van der Waals surface area contributed by atoms with Crippen molar-refractivity contribution < 1.29 is 28.7 Å². The minimum Gasteiger partial charge on any atom is -0.462 e. The molecule has 0 unspecified atom stereocenters. The fraction of sp³-hybridized carbons (Fsp3) is 0.360. The number of ether oxygens (including phenoxy) is 2. The zero-order valence-corrected chi connectivity index (χ0v) is 21.8. The van der Waals surface area contributed by atoms with Crippen molar-refractivity contribution in [3.63, 3.8) is 0 Å². The lowest BCUT2D eigenvalue weighted by molar-refractivity contribution is -0.151. The van der Waals surface area contributed by atoms with Crippen LogP contribution in [0.25, 0.3) is 0 Å². The molecule has 10 heteroatoms. The number of aryl methyl sites for hydroxylation is 1. The summed E-state index contributed by atoms with van der Waals surface area (Å²) in [4.78, 5) is 50.7. The van der Waals surface area contributed by atoms with Crippen molar-refractivity contribution in [2.24, 2.45) is 5.92 Å². The molecule has 8 nitrogen and oxygen atoms in total. The molecule has 1 heterocycles. The highest BCUT2D eigenvalue weighted by Gasteiger charge is 2.36. The number of carbonyl (C=O) groups excluding carboxylic acids is 4. The van der Waals surface area contributed by atoms with Crippen molar-refractivity contribution in [3.05, 3.63) is 57.0 Å². The van der Waals surface area contributed by atoms with Gasteiger partial charge in [-0.05, 0) is 71.2 Å². The summed E-state index contributed by atoms with van der Waals surface area (Å²) in [5.74, 6) is -2.49. The van der Waals surface area contributed by atoms with E-state index in [4.69, 9.17) is 21.1 Å². The Kier molecular flexibility index (Phi) is 9.28. The Morgan fingerprint density at radius 1 is 1.17 bits per heavy atom. The summed E-state index contributed by atoms with van der Waals surface area (Å²) in [6.45, 7) is 3.82. The highest BCUT2D eigenvalue weighted by Crippen LogP contribution is 2.29. The van der Waals surface area contributed by atoms with Gasteiger partial charge in [0.25, 0.3) is 5.91 Å². The quantitative estimate of drug-likeness (QED) is 0.343.